The summed E-state index contributed by atoms with van der Waals surface area (Å²) in [6.07, 6.45) is 0. The molecule has 4 rings (SSSR count). The first-order chi connectivity index (χ1) is 14.6. The molecule has 0 saturated carbocycles. The molecule has 0 saturated heterocycles. The Hall–Kier alpha value is -3.16. The molecule has 0 radical (unpaired) electrons. The van der Waals surface area contributed by atoms with Gasteiger partial charge in [0.15, 0.2) is 5.16 Å². The lowest BCUT2D eigenvalue weighted by molar-refractivity contribution is 0.102. The third-order valence-electron chi connectivity index (χ3n) is 4.23. The summed E-state index contributed by atoms with van der Waals surface area (Å²) >= 11 is 7.38. The first-order valence-electron chi connectivity index (χ1n) is 9.06. The number of carbonyl (C=O) groups excluding carboxylic acids is 1. The van der Waals surface area contributed by atoms with Crippen LogP contribution in [0.25, 0.3) is 0 Å². The SMILES string of the molecule is O=C(Nc1ccccc1Sc1nc(Cl)nn1Cc1ccc(F)cc1)c1ccccc1. The molecule has 0 aliphatic heterocycles. The number of amides is 1. The van der Waals surface area contributed by atoms with Gasteiger partial charge in [0, 0.05) is 10.5 Å². The maximum atomic E-state index is 13.2. The predicted octanol–water partition coefficient (Wildman–Crippen LogP) is 5.52. The van der Waals surface area contributed by atoms with Crippen LogP contribution >= 0.6 is 23.4 Å². The lowest BCUT2D eigenvalue weighted by Gasteiger charge is -2.11. The summed E-state index contributed by atoms with van der Waals surface area (Å²) in [4.78, 5) is 17.6. The van der Waals surface area contributed by atoms with Gasteiger partial charge >= 0.3 is 0 Å². The summed E-state index contributed by atoms with van der Waals surface area (Å²) < 4.78 is 14.8. The van der Waals surface area contributed by atoms with Crippen LogP contribution in [0.4, 0.5) is 10.1 Å². The molecule has 8 heteroatoms. The van der Waals surface area contributed by atoms with E-state index in [1.54, 1.807) is 28.9 Å². The number of carbonyl (C=O) groups is 1. The number of halogens is 2. The molecule has 1 N–H and O–H groups in total. The molecule has 1 amide bonds. The standard InChI is InChI=1S/C22H16ClFN4OS/c23-21-26-22(28(27-21)14-15-10-12-17(24)13-11-15)30-19-9-5-4-8-18(19)25-20(29)16-6-2-1-3-7-16/h1-13H,14H2,(H,25,29). The molecule has 0 aliphatic rings. The molecular weight excluding hydrogens is 423 g/mol. The smallest absolute Gasteiger partial charge is 0.255 e. The van der Waals surface area contributed by atoms with Crippen LogP contribution in [0.15, 0.2) is 88.9 Å². The van der Waals surface area contributed by atoms with Gasteiger partial charge in [0.25, 0.3) is 5.91 Å². The van der Waals surface area contributed by atoms with Crippen molar-refractivity contribution in [3.05, 3.63) is 101 Å². The number of benzene rings is 3. The van der Waals surface area contributed by atoms with Crippen molar-refractivity contribution in [2.24, 2.45) is 0 Å². The normalized spacial score (nSPS) is 10.7. The Balaban J connectivity index is 1.56. The highest BCUT2D eigenvalue weighted by atomic mass is 35.5. The number of hydrogen-bond donors (Lipinski definition) is 1. The molecule has 4 aromatic rings. The van der Waals surface area contributed by atoms with Gasteiger partial charge in [-0.15, -0.1) is 5.10 Å². The third-order valence-corrected chi connectivity index (χ3v) is 5.45. The molecule has 0 spiro atoms. The van der Waals surface area contributed by atoms with E-state index in [1.807, 2.05) is 42.5 Å². The van der Waals surface area contributed by atoms with Gasteiger partial charge in [-0.1, -0.05) is 42.5 Å². The molecule has 0 unspecified atom stereocenters. The van der Waals surface area contributed by atoms with E-state index in [4.69, 9.17) is 11.6 Å². The van der Waals surface area contributed by atoms with E-state index in [2.05, 4.69) is 15.4 Å². The summed E-state index contributed by atoms with van der Waals surface area (Å²) in [7, 11) is 0. The summed E-state index contributed by atoms with van der Waals surface area (Å²) in [6.45, 7) is 0.390. The summed E-state index contributed by atoms with van der Waals surface area (Å²) in [5.41, 5.74) is 2.09. The molecule has 30 heavy (non-hydrogen) atoms. The number of nitrogens with zero attached hydrogens (tertiary/aromatic N) is 3. The molecule has 5 nitrogen and oxygen atoms in total. The molecule has 0 atom stereocenters. The fourth-order valence-electron chi connectivity index (χ4n) is 2.78. The fraction of sp³-hybridized carbons (Fsp3) is 0.0455. The van der Waals surface area contributed by atoms with Gasteiger partial charge in [-0.05, 0) is 65.3 Å². The van der Waals surface area contributed by atoms with Crippen LogP contribution in [-0.2, 0) is 6.54 Å². The number of nitrogens with one attached hydrogen (secondary N) is 1. The topological polar surface area (TPSA) is 59.8 Å². The second-order valence-corrected chi connectivity index (χ2v) is 7.71. The molecule has 0 bridgehead atoms. The zero-order chi connectivity index (χ0) is 20.9. The molecule has 1 aromatic heterocycles. The molecular formula is C22H16ClFN4OS. The van der Waals surface area contributed by atoms with Crippen LogP contribution in [0.5, 0.6) is 0 Å². The van der Waals surface area contributed by atoms with Gasteiger partial charge in [-0.3, -0.25) is 4.79 Å². The van der Waals surface area contributed by atoms with Crippen molar-refractivity contribution in [1.29, 1.82) is 0 Å². The quantitative estimate of drug-likeness (QED) is 0.430. The molecule has 0 fully saturated rings. The predicted molar refractivity (Wildman–Crippen MR) is 115 cm³/mol. The van der Waals surface area contributed by atoms with Crippen molar-refractivity contribution in [2.45, 2.75) is 16.6 Å². The van der Waals surface area contributed by atoms with Crippen molar-refractivity contribution in [1.82, 2.24) is 14.8 Å². The van der Waals surface area contributed by atoms with E-state index in [-0.39, 0.29) is 17.0 Å². The highest BCUT2D eigenvalue weighted by molar-refractivity contribution is 7.99. The van der Waals surface area contributed by atoms with E-state index in [0.717, 1.165) is 10.5 Å². The summed E-state index contributed by atoms with van der Waals surface area (Å²) in [5.74, 6) is -0.498. The van der Waals surface area contributed by atoms with Crippen molar-refractivity contribution in [2.75, 3.05) is 5.32 Å². The van der Waals surface area contributed by atoms with E-state index in [0.29, 0.717) is 23.0 Å². The van der Waals surface area contributed by atoms with E-state index >= 15 is 0 Å². The Labute approximate surface area is 181 Å². The molecule has 0 aliphatic carbocycles. The second kappa shape index (κ2) is 9.11. The Bertz CT molecular complexity index is 1170. The average molecular weight is 439 g/mol. The van der Waals surface area contributed by atoms with E-state index in [1.165, 1.54) is 23.9 Å². The van der Waals surface area contributed by atoms with E-state index < -0.39 is 0 Å². The lowest BCUT2D eigenvalue weighted by atomic mass is 10.2. The van der Waals surface area contributed by atoms with Gasteiger partial charge in [0.2, 0.25) is 5.28 Å². The average Bonchev–Trinajstić information content (AvgIpc) is 3.10. The molecule has 150 valence electrons. The monoisotopic (exact) mass is 438 g/mol. The van der Waals surface area contributed by atoms with Crippen LogP contribution in [0.3, 0.4) is 0 Å². The maximum absolute atomic E-state index is 13.2. The van der Waals surface area contributed by atoms with Crippen LogP contribution in [-0.4, -0.2) is 20.7 Å². The van der Waals surface area contributed by atoms with Crippen molar-refractivity contribution >= 4 is 35.0 Å². The zero-order valence-electron chi connectivity index (χ0n) is 15.6. The third kappa shape index (κ3) is 4.87. The van der Waals surface area contributed by atoms with Crippen molar-refractivity contribution < 1.29 is 9.18 Å². The van der Waals surface area contributed by atoms with Crippen molar-refractivity contribution in [3.63, 3.8) is 0 Å². The first kappa shape index (κ1) is 20.1. The Morgan fingerprint density at radius 2 is 1.70 bits per heavy atom. The van der Waals surface area contributed by atoms with Crippen LogP contribution < -0.4 is 5.32 Å². The van der Waals surface area contributed by atoms with Gasteiger partial charge in [0.05, 0.1) is 12.2 Å². The van der Waals surface area contributed by atoms with Gasteiger partial charge in [0.1, 0.15) is 5.82 Å². The van der Waals surface area contributed by atoms with Gasteiger partial charge in [-0.2, -0.15) is 4.98 Å². The van der Waals surface area contributed by atoms with E-state index in [9.17, 15) is 9.18 Å². The highest BCUT2D eigenvalue weighted by Gasteiger charge is 2.15. The fourth-order valence-corrected chi connectivity index (χ4v) is 3.92. The number of hydrogen-bond acceptors (Lipinski definition) is 4. The second-order valence-electron chi connectivity index (χ2n) is 6.37. The highest BCUT2D eigenvalue weighted by Crippen LogP contribution is 2.33. The number of anilines is 1. The zero-order valence-corrected chi connectivity index (χ0v) is 17.2. The maximum Gasteiger partial charge on any atom is 0.255 e. The van der Waals surface area contributed by atoms with Gasteiger partial charge < -0.3 is 5.32 Å². The van der Waals surface area contributed by atoms with Gasteiger partial charge in [-0.25, -0.2) is 9.07 Å². The lowest BCUT2D eigenvalue weighted by Crippen LogP contribution is -2.12. The molecule has 3 aromatic carbocycles. The number of aromatic nitrogens is 3. The Kier molecular flexibility index (Phi) is 6.11. The first-order valence-corrected chi connectivity index (χ1v) is 10.3. The largest absolute Gasteiger partial charge is 0.321 e. The number of rotatable bonds is 6. The Morgan fingerprint density at radius 3 is 2.47 bits per heavy atom. The number of para-hydroxylation sites is 1. The minimum absolute atomic E-state index is 0.116. The summed E-state index contributed by atoms with van der Waals surface area (Å²) in [6, 6.07) is 22.6. The van der Waals surface area contributed by atoms with Crippen LogP contribution in [0, 0.1) is 5.82 Å². The minimum atomic E-state index is -0.298. The minimum Gasteiger partial charge on any atom is -0.321 e. The van der Waals surface area contributed by atoms with Crippen LogP contribution in [0.1, 0.15) is 15.9 Å². The van der Waals surface area contributed by atoms with Crippen molar-refractivity contribution in [3.8, 4) is 0 Å². The summed E-state index contributed by atoms with van der Waals surface area (Å²) in [5, 5.41) is 7.85. The molecule has 1 heterocycles. The van der Waals surface area contributed by atoms with Crippen LogP contribution in [0.2, 0.25) is 5.28 Å². The Morgan fingerprint density at radius 1 is 1.00 bits per heavy atom.